The fraction of sp³-hybridized carbons (Fsp3) is 0.480. The van der Waals surface area contributed by atoms with Crippen LogP contribution in [0.5, 0.6) is 11.5 Å². The Labute approximate surface area is 215 Å². The van der Waals surface area contributed by atoms with Gasteiger partial charge in [-0.2, -0.15) is 0 Å². The lowest BCUT2D eigenvalue weighted by Gasteiger charge is -2.32. The Kier molecular flexibility index (Phi) is 11.8. The summed E-state index contributed by atoms with van der Waals surface area (Å²) < 4.78 is 10.7. The van der Waals surface area contributed by atoms with Crippen molar-refractivity contribution in [1.82, 2.24) is 20.4 Å². The lowest BCUT2D eigenvalue weighted by molar-refractivity contribution is 0.148. The highest BCUT2D eigenvalue weighted by atomic mass is 127. The van der Waals surface area contributed by atoms with Crippen molar-refractivity contribution in [3.8, 4) is 11.5 Å². The first-order chi connectivity index (χ1) is 15.6. The van der Waals surface area contributed by atoms with E-state index in [-0.39, 0.29) is 24.0 Å². The first-order valence-corrected chi connectivity index (χ1v) is 11.3. The average molecular weight is 568 g/mol. The number of rotatable bonds is 9. The fourth-order valence-electron chi connectivity index (χ4n) is 3.70. The summed E-state index contributed by atoms with van der Waals surface area (Å²) in [6.45, 7) is 9.77. The number of guanidine groups is 1. The van der Waals surface area contributed by atoms with E-state index in [1.807, 2.05) is 18.2 Å². The minimum Gasteiger partial charge on any atom is -0.493 e. The van der Waals surface area contributed by atoms with Gasteiger partial charge in [-0.05, 0) is 42.8 Å². The number of nitrogens with one attached hydrogen (secondary N) is 2. The molecule has 2 aromatic rings. The number of halogens is 1. The van der Waals surface area contributed by atoms with Gasteiger partial charge >= 0.3 is 0 Å². The Morgan fingerprint density at radius 3 is 2.15 bits per heavy atom. The number of hydrogen-bond donors (Lipinski definition) is 2. The van der Waals surface area contributed by atoms with Crippen LogP contribution in [0.25, 0.3) is 0 Å². The topological polar surface area (TPSA) is 61.4 Å². The SMILES string of the molecule is CCNC(=NCc1ccc(OC)c(OC)c1)NCc1ccc(CN2CCN(C)CC2)cc1.I. The third kappa shape index (κ3) is 8.68. The Morgan fingerprint density at radius 1 is 0.879 bits per heavy atom. The highest BCUT2D eigenvalue weighted by Gasteiger charge is 2.13. The molecule has 0 amide bonds. The molecule has 1 saturated heterocycles. The molecule has 0 unspecified atom stereocenters. The zero-order valence-corrected chi connectivity index (χ0v) is 22.6. The van der Waals surface area contributed by atoms with E-state index in [2.05, 4.69) is 58.7 Å². The molecule has 1 aliphatic heterocycles. The Hall–Kier alpha value is -2.04. The first-order valence-electron chi connectivity index (χ1n) is 11.3. The molecule has 182 valence electrons. The second-order valence-electron chi connectivity index (χ2n) is 8.13. The smallest absolute Gasteiger partial charge is 0.191 e. The van der Waals surface area contributed by atoms with Gasteiger partial charge in [-0.1, -0.05) is 30.3 Å². The van der Waals surface area contributed by atoms with Gasteiger partial charge in [-0.3, -0.25) is 4.90 Å². The number of piperazine rings is 1. The number of hydrogen-bond acceptors (Lipinski definition) is 5. The molecule has 0 aromatic heterocycles. The number of ether oxygens (including phenoxy) is 2. The van der Waals surface area contributed by atoms with Crippen molar-refractivity contribution in [2.75, 3.05) is 54.0 Å². The molecule has 0 radical (unpaired) electrons. The van der Waals surface area contributed by atoms with E-state index in [9.17, 15) is 0 Å². The number of nitrogens with zero attached hydrogens (tertiary/aromatic N) is 3. The number of benzene rings is 2. The quantitative estimate of drug-likeness (QED) is 0.276. The van der Waals surface area contributed by atoms with Gasteiger partial charge in [0, 0.05) is 45.8 Å². The van der Waals surface area contributed by atoms with Crippen molar-refractivity contribution in [2.24, 2.45) is 4.99 Å². The summed E-state index contributed by atoms with van der Waals surface area (Å²) in [5.41, 5.74) is 3.67. The van der Waals surface area contributed by atoms with Crippen LogP contribution in [0.3, 0.4) is 0 Å². The molecule has 0 aliphatic carbocycles. The molecular formula is C25H38IN5O2. The van der Waals surface area contributed by atoms with Gasteiger partial charge in [-0.25, -0.2) is 4.99 Å². The molecule has 1 heterocycles. The van der Waals surface area contributed by atoms with Crippen LogP contribution in [-0.4, -0.2) is 69.8 Å². The molecule has 0 saturated carbocycles. The lowest BCUT2D eigenvalue weighted by atomic mass is 10.1. The fourth-order valence-corrected chi connectivity index (χ4v) is 3.70. The Morgan fingerprint density at radius 2 is 1.52 bits per heavy atom. The van der Waals surface area contributed by atoms with Gasteiger partial charge in [0.1, 0.15) is 0 Å². The summed E-state index contributed by atoms with van der Waals surface area (Å²) >= 11 is 0. The molecule has 2 aromatic carbocycles. The lowest BCUT2D eigenvalue weighted by Crippen LogP contribution is -2.43. The van der Waals surface area contributed by atoms with Crippen LogP contribution in [0.4, 0.5) is 0 Å². The van der Waals surface area contributed by atoms with Crippen LogP contribution >= 0.6 is 24.0 Å². The van der Waals surface area contributed by atoms with Crippen molar-refractivity contribution in [3.05, 3.63) is 59.2 Å². The summed E-state index contributed by atoms with van der Waals surface area (Å²) in [5, 5.41) is 6.75. The summed E-state index contributed by atoms with van der Waals surface area (Å²) in [6.07, 6.45) is 0. The maximum absolute atomic E-state index is 5.39. The van der Waals surface area contributed by atoms with Crippen molar-refractivity contribution >= 4 is 29.9 Å². The van der Waals surface area contributed by atoms with Crippen LogP contribution in [0.2, 0.25) is 0 Å². The summed E-state index contributed by atoms with van der Waals surface area (Å²) in [7, 11) is 5.48. The molecule has 0 atom stereocenters. The highest BCUT2D eigenvalue weighted by Crippen LogP contribution is 2.27. The van der Waals surface area contributed by atoms with Crippen LogP contribution in [0.1, 0.15) is 23.6 Å². The number of methoxy groups -OCH3 is 2. The van der Waals surface area contributed by atoms with Crippen molar-refractivity contribution in [2.45, 2.75) is 26.6 Å². The van der Waals surface area contributed by atoms with E-state index < -0.39 is 0 Å². The summed E-state index contributed by atoms with van der Waals surface area (Å²) in [5.74, 6) is 2.24. The standard InChI is InChI=1S/C25H37N5O2.HI/c1-5-26-25(28-18-22-10-11-23(31-3)24(16-22)32-4)27-17-20-6-8-21(9-7-20)19-30-14-12-29(2)13-15-30;/h6-11,16H,5,12-15,17-19H2,1-4H3,(H2,26,27,28);1H. The maximum atomic E-state index is 5.39. The second kappa shape index (κ2) is 14.3. The van der Waals surface area contributed by atoms with Crippen molar-refractivity contribution in [3.63, 3.8) is 0 Å². The largest absolute Gasteiger partial charge is 0.493 e. The first kappa shape index (κ1) is 27.2. The minimum absolute atomic E-state index is 0. The molecule has 33 heavy (non-hydrogen) atoms. The molecule has 2 N–H and O–H groups in total. The molecule has 3 rings (SSSR count). The monoisotopic (exact) mass is 567 g/mol. The van der Waals surface area contributed by atoms with Gasteiger partial charge in [-0.15, -0.1) is 24.0 Å². The minimum atomic E-state index is 0. The van der Waals surface area contributed by atoms with Crippen molar-refractivity contribution < 1.29 is 9.47 Å². The third-order valence-electron chi connectivity index (χ3n) is 5.70. The Balaban J connectivity index is 0.00000385. The normalized spacial score (nSPS) is 15.0. The number of likely N-dealkylation sites (N-methyl/N-ethyl adjacent to an activating group) is 1. The molecule has 1 fully saturated rings. The predicted molar refractivity (Wildman–Crippen MR) is 146 cm³/mol. The van der Waals surface area contributed by atoms with Gasteiger partial charge in [0.05, 0.1) is 20.8 Å². The number of aliphatic imine (C=N–C) groups is 1. The van der Waals surface area contributed by atoms with Gasteiger partial charge < -0.3 is 25.0 Å². The predicted octanol–water partition coefficient (Wildman–Crippen LogP) is 3.32. The van der Waals surface area contributed by atoms with Crippen molar-refractivity contribution in [1.29, 1.82) is 0 Å². The van der Waals surface area contributed by atoms with Gasteiger partial charge in [0.25, 0.3) is 0 Å². The van der Waals surface area contributed by atoms with E-state index >= 15 is 0 Å². The van der Waals surface area contributed by atoms with Crippen LogP contribution < -0.4 is 20.1 Å². The maximum Gasteiger partial charge on any atom is 0.191 e. The summed E-state index contributed by atoms with van der Waals surface area (Å²) in [4.78, 5) is 9.63. The molecule has 1 aliphatic rings. The van der Waals surface area contributed by atoms with Crippen LogP contribution in [0.15, 0.2) is 47.5 Å². The molecule has 0 bridgehead atoms. The highest BCUT2D eigenvalue weighted by molar-refractivity contribution is 14.0. The molecule has 7 nitrogen and oxygen atoms in total. The molecule has 8 heteroatoms. The molecule has 0 spiro atoms. The zero-order valence-electron chi connectivity index (χ0n) is 20.3. The summed E-state index contributed by atoms with van der Waals surface area (Å²) in [6, 6.07) is 14.8. The van der Waals surface area contributed by atoms with E-state index in [1.54, 1.807) is 14.2 Å². The van der Waals surface area contributed by atoms with E-state index in [4.69, 9.17) is 14.5 Å². The average Bonchev–Trinajstić information content (AvgIpc) is 2.83. The molecular weight excluding hydrogens is 529 g/mol. The van der Waals surface area contributed by atoms with E-state index in [0.717, 1.165) is 68.8 Å². The van der Waals surface area contributed by atoms with E-state index in [0.29, 0.717) is 6.54 Å². The third-order valence-corrected chi connectivity index (χ3v) is 5.70. The Bertz CT molecular complexity index is 868. The van der Waals surface area contributed by atoms with Gasteiger partial charge in [0.2, 0.25) is 0 Å². The van der Waals surface area contributed by atoms with Crippen LogP contribution in [-0.2, 0) is 19.6 Å². The van der Waals surface area contributed by atoms with E-state index in [1.165, 1.54) is 11.1 Å². The van der Waals surface area contributed by atoms with Crippen LogP contribution in [0, 0.1) is 0 Å². The zero-order chi connectivity index (χ0) is 22.8. The van der Waals surface area contributed by atoms with Gasteiger partial charge in [0.15, 0.2) is 17.5 Å². The second-order valence-corrected chi connectivity index (χ2v) is 8.13.